The number of aliphatic hydroxyl groups excluding tert-OH is 1. The third-order valence-corrected chi connectivity index (χ3v) is 4.36. The summed E-state index contributed by atoms with van der Waals surface area (Å²) in [4.78, 5) is 11.8. The summed E-state index contributed by atoms with van der Waals surface area (Å²) in [6.45, 7) is 5.73. The first-order valence-electron chi connectivity index (χ1n) is 7.55. The standard InChI is InChI=1S/C16H26N2O4S/c1-11-7-12(2)9-14(8-11)15(19)10-17-16(20)18-13(3)5-6-23(4,21)22/h7-9,13,15,19H,5-6,10H2,1-4H3,(H2,17,18,20)/t13-,15-/m1/s1. The number of urea groups is 1. The zero-order valence-electron chi connectivity index (χ0n) is 14.1. The number of carbonyl (C=O) groups is 1. The average Bonchev–Trinajstić information content (AvgIpc) is 2.40. The Morgan fingerprint density at radius 2 is 1.78 bits per heavy atom. The van der Waals surface area contributed by atoms with Crippen LogP contribution < -0.4 is 10.6 Å². The highest BCUT2D eigenvalue weighted by Gasteiger charge is 2.13. The van der Waals surface area contributed by atoms with Gasteiger partial charge in [-0.05, 0) is 32.8 Å². The molecule has 1 rings (SSSR count). The molecule has 0 aliphatic carbocycles. The Bertz CT molecular complexity index is 623. The normalized spacial score (nSPS) is 14.1. The second-order valence-corrected chi connectivity index (χ2v) is 8.37. The molecule has 23 heavy (non-hydrogen) atoms. The molecule has 0 aromatic heterocycles. The highest BCUT2D eigenvalue weighted by atomic mass is 32.2. The summed E-state index contributed by atoms with van der Waals surface area (Å²) in [5.41, 5.74) is 2.86. The Morgan fingerprint density at radius 3 is 2.30 bits per heavy atom. The Balaban J connectivity index is 2.43. The van der Waals surface area contributed by atoms with Crippen molar-refractivity contribution in [1.29, 1.82) is 0 Å². The van der Waals surface area contributed by atoms with E-state index in [0.29, 0.717) is 6.42 Å². The van der Waals surface area contributed by atoms with Crippen molar-refractivity contribution >= 4 is 15.9 Å². The molecule has 0 aliphatic heterocycles. The fraction of sp³-hybridized carbons (Fsp3) is 0.562. The van der Waals surface area contributed by atoms with Gasteiger partial charge in [0, 0.05) is 18.8 Å². The number of amides is 2. The molecular weight excluding hydrogens is 316 g/mol. The van der Waals surface area contributed by atoms with Gasteiger partial charge in [-0.1, -0.05) is 29.3 Å². The molecule has 2 atom stereocenters. The molecule has 1 aromatic carbocycles. The van der Waals surface area contributed by atoms with Crippen LogP contribution in [0.1, 0.15) is 36.1 Å². The summed E-state index contributed by atoms with van der Waals surface area (Å²) in [6.07, 6.45) is 0.733. The molecule has 130 valence electrons. The van der Waals surface area contributed by atoms with Crippen LogP contribution in [0.2, 0.25) is 0 Å². The lowest BCUT2D eigenvalue weighted by molar-refractivity contribution is 0.172. The largest absolute Gasteiger partial charge is 0.387 e. The minimum atomic E-state index is -3.04. The second-order valence-electron chi connectivity index (χ2n) is 6.11. The van der Waals surface area contributed by atoms with Gasteiger partial charge in [0.25, 0.3) is 0 Å². The molecule has 0 saturated carbocycles. The maximum atomic E-state index is 11.8. The molecule has 0 bridgehead atoms. The van der Waals surface area contributed by atoms with Crippen LogP contribution in [-0.4, -0.2) is 44.2 Å². The van der Waals surface area contributed by atoms with Crippen molar-refractivity contribution in [2.75, 3.05) is 18.6 Å². The number of rotatable bonds is 7. The van der Waals surface area contributed by atoms with Gasteiger partial charge in [-0.15, -0.1) is 0 Å². The van der Waals surface area contributed by atoms with E-state index in [1.165, 1.54) is 6.26 Å². The summed E-state index contributed by atoms with van der Waals surface area (Å²) in [5, 5.41) is 15.4. The molecule has 2 amide bonds. The van der Waals surface area contributed by atoms with Crippen molar-refractivity contribution in [1.82, 2.24) is 10.6 Å². The van der Waals surface area contributed by atoms with Gasteiger partial charge in [0.2, 0.25) is 0 Å². The Morgan fingerprint density at radius 1 is 1.22 bits per heavy atom. The predicted octanol–water partition coefficient (Wildman–Crippen LogP) is 1.46. The van der Waals surface area contributed by atoms with E-state index in [0.717, 1.165) is 16.7 Å². The molecule has 7 heteroatoms. The quantitative estimate of drug-likeness (QED) is 0.699. The molecule has 0 spiro atoms. The maximum Gasteiger partial charge on any atom is 0.315 e. The maximum absolute atomic E-state index is 11.8. The molecule has 3 N–H and O–H groups in total. The third-order valence-electron chi connectivity index (χ3n) is 3.38. The number of hydrogen-bond donors (Lipinski definition) is 3. The number of sulfone groups is 1. The zero-order valence-corrected chi connectivity index (χ0v) is 14.9. The first-order chi connectivity index (χ1) is 10.6. The fourth-order valence-electron chi connectivity index (χ4n) is 2.25. The molecule has 0 heterocycles. The molecule has 1 aromatic rings. The Kier molecular flexibility index (Phi) is 7.02. The SMILES string of the molecule is Cc1cc(C)cc([C@H](O)CNC(=O)N[C@H](C)CCS(C)(=O)=O)c1. The summed E-state index contributed by atoms with van der Waals surface area (Å²) in [6, 6.07) is 5.09. The van der Waals surface area contributed by atoms with Crippen molar-refractivity contribution in [3.8, 4) is 0 Å². The summed E-state index contributed by atoms with van der Waals surface area (Å²) in [7, 11) is -3.04. The number of hydrogen-bond acceptors (Lipinski definition) is 4. The Labute approximate surface area is 138 Å². The number of carbonyl (C=O) groups excluding carboxylic acids is 1. The van der Waals surface area contributed by atoms with Gasteiger partial charge >= 0.3 is 6.03 Å². The van der Waals surface area contributed by atoms with Crippen molar-refractivity contribution in [3.05, 3.63) is 34.9 Å². The first-order valence-corrected chi connectivity index (χ1v) is 9.61. The van der Waals surface area contributed by atoms with Crippen molar-refractivity contribution < 1.29 is 18.3 Å². The number of aliphatic hydroxyl groups is 1. The topological polar surface area (TPSA) is 95.5 Å². The van der Waals surface area contributed by atoms with Gasteiger partial charge < -0.3 is 15.7 Å². The third kappa shape index (κ3) is 7.99. The molecule has 6 nitrogen and oxygen atoms in total. The molecular formula is C16H26N2O4S. The number of benzene rings is 1. The number of aryl methyl sites for hydroxylation is 2. The average molecular weight is 342 g/mol. The van der Waals surface area contributed by atoms with Crippen LogP contribution in [0, 0.1) is 13.8 Å². The zero-order chi connectivity index (χ0) is 17.6. The van der Waals surface area contributed by atoms with E-state index in [9.17, 15) is 18.3 Å². The van der Waals surface area contributed by atoms with Crippen LogP contribution >= 0.6 is 0 Å². The van der Waals surface area contributed by atoms with Gasteiger partial charge in [-0.25, -0.2) is 13.2 Å². The van der Waals surface area contributed by atoms with E-state index < -0.39 is 22.0 Å². The van der Waals surface area contributed by atoms with E-state index in [-0.39, 0.29) is 18.3 Å². The number of nitrogens with one attached hydrogen (secondary N) is 2. The van der Waals surface area contributed by atoms with Crippen LogP contribution in [0.25, 0.3) is 0 Å². The van der Waals surface area contributed by atoms with Crippen molar-refractivity contribution in [2.45, 2.75) is 39.3 Å². The van der Waals surface area contributed by atoms with E-state index in [2.05, 4.69) is 10.6 Å². The lowest BCUT2D eigenvalue weighted by Gasteiger charge is -2.17. The van der Waals surface area contributed by atoms with Gasteiger partial charge in [0.05, 0.1) is 11.9 Å². The monoisotopic (exact) mass is 342 g/mol. The van der Waals surface area contributed by atoms with Crippen molar-refractivity contribution in [3.63, 3.8) is 0 Å². The minimum Gasteiger partial charge on any atom is -0.387 e. The predicted molar refractivity (Wildman–Crippen MR) is 91.2 cm³/mol. The summed E-state index contributed by atoms with van der Waals surface area (Å²) >= 11 is 0. The van der Waals surface area contributed by atoms with Crippen LogP contribution in [0.3, 0.4) is 0 Å². The van der Waals surface area contributed by atoms with E-state index in [1.807, 2.05) is 32.0 Å². The smallest absolute Gasteiger partial charge is 0.315 e. The second kappa shape index (κ2) is 8.31. The van der Waals surface area contributed by atoms with Gasteiger partial charge in [-0.3, -0.25) is 0 Å². The van der Waals surface area contributed by atoms with Crippen molar-refractivity contribution in [2.24, 2.45) is 0 Å². The fourth-order valence-corrected chi connectivity index (χ4v) is 3.03. The van der Waals surface area contributed by atoms with Gasteiger partial charge in [-0.2, -0.15) is 0 Å². The molecule has 0 aliphatic rings. The first kappa shape index (κ1) is 19.4. The van der Waals surface area contributed by atoms with Crippen LogP contribution in [0.15, 0.2) is 18.2 Å². The molecule has 0 unspecified atom stereocenters. The van der Waals surface area contributed by atoms with Gasteiger partial charge in [0.1, 0.15) is 9.84 Å². The van der Waals surface area contributed by atoms with Crippen LogP contribution in [0.5, 0.6) is 0 Å². The van der Waals surface area contributed by atoms with Crippen LogP contribution in [-0.2, 0) is 9.84 Å². The van der Waals surface area contributed by atoms with E-state index in [4.69, 9.17) is 0 Å². The summed E-state index contributed by atoms with van der Waals surface area (Å²) in [5.74, 6) is 0.0274. The molecule has 0 saturated heterocycles. The van der Waals surface area contributed by atoms with E-state index >= 15 is 0 Å². The highest BCUT2D eigenvalue weighted by Crippen LogP contribution is 2.16. The highest BCUT2D eigenvalue weighted by molar-refractivity contribution is 7.90. The molecule has 0 fully saturated rings. The van der Waals surface area contributed by atoms with E-state index in [1.54, 1.807) is 6.92 Å². The molecule has 0 radical (unpaired) electrons. The van der Waals surface area contributed by atoms with Gasteiger partial charge in [0.15, 0.2) is 0 Å². The lowest BCUT2D eigenvalue weighted by atomic mass is 10.0. The minimum absolute atomic E-state index is 0.0274. The van der Waals surface area contributed by atoms with Crippen LogP contribution in [0.4, 0.5) is 4.79 Å². The Hall–Kier alpha value is -1.60. The summed E-state index contributed by atoms with van der Waals surface area (Å²) < 4.78 is 22.2. The lowest BCUT2D eigenvalue weighted by Crippen LogP contribution is -2.42.